The van der Waals surface area contributed by atoms with Crippen molar-refractivity contribution in [2.75, 3.05) is 0 Å². The van der Waals surface area contributed by atoms with Gasteiger partial charge in [0, 0.05) is 34.7 Å². The fraction of sp³-hybridized carbons (Fsp3) is 0. The van der Waals surface area contributed by atoms with E-state index in [-0.39, 0.29) is 87.5 Å². The largest absolute Gasteiger partial charge is 1.00 e. The van der Waals surface area contributed by atoms with Gasteiger partial charge in [0.05, 0.1) is 0 Å². The van der Waals surface area contributed by atoms with Crippen molar-refractivity contribution in [3.05, 3.63) is 0 Å². The maximum atomic E-state index is 8.74. The van der Waals surface area contributed by atoms with E-state index in [1.54, 1.807) is 0 Å². The van der Waals surface area contributed by atoms with E-state index in [1.807, 2.05) is 0 Å². The van der Waals surface area contributed by atoms with Gasteiger partial charge < -0.3 is 1.43 Å². The topological polar surface area (TPSA) is 224 Å². The first-order chi connectivity index (χ1) is 6.00. The second-order valence-corrected chi connectivity index (χ2v) is 4.03. The van der Waals surface area contributed by atoms with Gasteiger partial charge in [0.2, 0.25) is 0 Å². The molecule has 0 heterocycles. The van der Waals surface area contributed by atoms with Crippen molar-refractivity contribution in [1.82, 2.24) is 0 Å². The second kappa shape index (κ2) is 15.7. The molecule has 0 saturated carbocycles. The molecule has 0 aliphatic rings. The molecule has 0 bridgehead atoms. The van der Waals surface area contributed by atoms with Crippen LogP contribution in [0.25, 0.3) is 0 Å². The zero-order valence-corrected chi connectivity index (χ0v) is 16.3. The first-order valence-corrected chi connectivity index (χ1v) is 6.29. The molecule has 0 unspecified atom stereocenters. The van der Waals surface area contributed by atoms with Gasteiger partial charge in [-0.2, -0.15) is 25.3 Å². The molecule has 0 aromatic rings. The molecule has 12 nitrogen and oxygen atoms in total. The van der Waals surface area contributed by atoms with Crippen LogP contribution in [0.15, 0.2) is 0 Å². The summed E-state index contributed by atoms with van der Waals surface area (Å²) in [5, 5.41) is 0. The maximum Gasteiger partial charge on any atom is 1.00 e. The van der Waals surface area contributed by atoms with E-state index in [0.29, 0.717) is 0 Å². The molecule has 18 heteroatoms. The monoisotopic (exact) mass is 438 g/mol. The van der Waals surface area contributed by atoms with Crippen LogP contribution in [0.5, 0.6) is 0 Å². The first kappa shape index (κ1) is 37.0. The number of rotatable bonds is 0. The van der Waals surface area contributed by atoms with Crippen LogP contribution in [0, 0.1) is 0 Å². The van der Waals surface area contributed by atoms with Gasteiger partial charge in [-0.15, -0.1) is 0 Å². The summed E-state index contributed by atoms with van der Waals surface area (Å²) in [4.78, 5) is 0. The van der Waals surface area contributed by atoms with E-state index in [2.05, 4.69) is 0 Å². The normalized spacial score (nSPS) is 9.67. The Kier molecular flexibility index (Phi) is 32.2. The number of hydrogen-bond acceptors (Lipinski definition) is 6. The maximum absolute atomic E-state index is 8.74. The average Bonchev–Trinajstić information content (AvgIpc) is 1.41. The van der Waals surface area contributed by atoms with E-state index in [1.165, 1.54) is 0 Å². The van der Waals surface area contributed by atoms with Gasteiger partial charge in [-0.05, 0) is 0 Å². The minimum atomic E-state index is -4.67. The summed E-state index contributed by atoms with van der Waals surface area (Å²) in [6.45, 7) is 0. The SMILES string of the molecule is O=S(=O)(O)O.O=S(=O)(O)O.O=S(=O)(O)O.[Cr].[Cr].[H-].[K+]. The zero-order valence-electron chi connectivity index (χ0n) is 9.17. The summed E-state index contributed by atoms with van der Waals surface area (Å²) in [6, 6.07) is 0. The molecule has 0 saturated heterocycles. The molecule has 18 heavy (non-hydrogen) atoms. The van der Waals surface area contributed by atoms with Crippen LogP contribution < -0.4 is 51.4 Å². The van der Waals surface area contributed by atoms with Crippen molar-refractivity contribution in [2.45, 2.75) is 0 Å². The van der Waals surface area contributed by atoms with Gasteiger partial charge in [-0.3, -0.25) is 27.3 Å². The smallest absolute Gasteiger partial charge is 1.00 e. The third-order valence-corrected chi connectivity index (χ3v) is 0. The van der Waals surface area contributed by atoms with Gasteiger partial charge >= 0.3 is 82.6 Å². The molecule has 0 atom stereocenters. The Morgan fingerprint density at radius 3 is 0.500 bits per heavy atom. The molecule has 0 aromatic carbocycles. The Labute approximate surface area is 168 Å². The Hall–Kier alpha value is 2.31. The van der Waals surface area contributed by atoms with Crippen molar-refractivity contribution in [2.24, 2.45) is 0 Å². The molecule has 0 radical (unpaired) electrons. The van der Waals surface area contributed by atoms with Crippen molar-refractivity contribution < 1.29 is 140 Å². The van der Waals surface area contributed by atoms with Gasteiger partial charge in [0.1, 0.15) is 0 Å². The van der Waals surface area contributed by atoms with Crippen LogP contribution in [-0.2, 0) is 65.9 Å². The predicted molar refractivity (Wildman–Crippen MR) is 43.6 cm³/mol. The summed E-state index contributed by atoms with van der Waals surface area (Å²) < 4.78 is 94.8. The summed E-state index contributed by atoms with van der Waals surface area (Å²) >= 11 is 0. The quantitative estimate of drug-likeness (QED) is 0.155. The Morgan fingerprint density at radius 1 is 0.500 bits per heavy atom. The average molecular weight is 438 g/mol. The fourth-order valence-corrected chi connectivity index (χ4v) is 0. The molecule has 110 valence electrons. The zero-order chi connectivity index (χ0) is 13.5. The standard InChI is InChI=1S/2Cr.K.3H2O4S.H/c;;;3*1-5(2,3)4;/h;;;3*(H2,1,2,3,4);/q;;+1;;;;-1. The third kappa shape index (κ3) is 1030. The molecular weight excluding hydrogens is 431 g/mol. The molecule has 0 spiro atoms. The minimum absolute atomic E-state index is 0. The Balaban J connectivity index is -0.0000000206. The van der Waals surface area contributed by atoms with Gasteiger partial charge in [0.15, 0.2) is 0 Å². The summed E-state index contributed by atoms with van der Waals surface area (Å²) in [5.74, 6) is 0. The minimum Gasteiger partial charge on any atom is -1.00 e. The van der Waals surface area contributed by atoms with Crippen LogP contribution >= 0.6 is 0 Å². The van der Waals surface area contributed by atoms with E-state index < -0.39 is 31.2 Å². The van der Waals surface area contributed by atoms with E-state index in [4.69, 9.17) is 52.6 Å². The summed E-state index contributed by atoms with van der Waals surface area (Å²) in [7, 11) is -14.0. The molecule has 0 aliphatic heterocycles. The van der Waals surface area contributed by atoms with E-state index >= 15 is 0 Å². The summed E-state index contributed by atoms with van der Waals surface area (Å²) in [6.07, 6.45) is 0. The molecule has 0 aliphatic carbocycles. The molecule has 0 rings (SSSR count). The van der Waals surface area contributed by atoms with E-state index in [9.17, 15) is 0 Å². The molecule has 6 N–H and O–H groups in total. The molecular formula is H7Cr2KO12S3. The second-order valence-electron chi connectivity index (χ2n) is 1.34. The van der Waals surface area contributed by atoms with Crippen LogP contribution in [0.3, 0.4) is 0 Å². The fourth-order valence-electron chi connectivity index (χ4n) is 0. The van der Waals surface area contributed by atoms with Crippen molar-refractivity contribution in [3.63, 3.8) is 0 Å². The Morgan fingerprint density at radius 2 is 0.500 bits per heavy atom. The third-order valence-electron chi connectivity index (χ3n) is 0. The van der Waals surface area contributed by atoms with Gasteiger partial charge in [-0.25, -0.2) is 0 Å². The molecule has 0 fully saturated rings. The number of hydrogen-bond donors (Lipinski definition) is 6. The van der Waals surface area contributed by atoms with Crippen LogP contribution in [0.2, 0.25) is 0 Å². The first-order valence-electron chi connectivity index (χ1n) is 2.10. The van der Waals surface area contributed by atoms with Crippen LogP contribution in [0.4, 0.5) is 0 Å². The van der Waals surface area contributed by atoms with Crippen LogP contribution in [0.1, 0.15) is 1.43 Å². The molecule has 0 amide bonds. The molecule has 0 aromatic heterocycles. The van der Waals surface area contributed by atoms with Gasteiger partial charge in [0.25, 0.3) is 0 Å². The Bertz CT molecular complexity index is 352. The van der Waals surface area contributed by atoms with E-state index in [0.717, 1.165) is 0 Å². The van der Waals surface area contributed by atoms with Crippen LogP contribution in [-0.4, -0.2) is 52.6 Å². The van der Waals surface area contributed by atoms with Crippen molar-refractivity contribution in [3.8, 4) is 0 Å². The van der Waals surface area contributed by atoms with Gasteiger partial charge in [-0.1, -0.05) is 0 Å². The van der Waals surface area contributed by atoms with Crippen molar-refractivity contribution in [1.29, 1.82) is 0 Å². The predicted octanol–water partition coefficient (Wildman–Crippen LogP) is -4.85. The summed E-state index contributed by atoms with van der Waals surface area (Å²) in [5.41, 5.74) is 0. The van der Waals surface area contributed by atoms with Crippen molar-refractivity contribution >= 4 is 31.2 Å².